The van der Waals surface area contributed by atoms with Crippen molar-refractivity contribution < 1.29 is 9.47 Å². The molecule has 0 aromatic heterocycles. The van der Waals surface area contributed by atoms with Crippen LogP contribution >= 0.6 is 0 Å². The van der Waals surface area contributed by atoms with Crippen molar-refractivity contribution in [2.45, 2.75) is 82.5 Å². The van der Waals surface area contributed by atoms with Crippen molar-refractivity contribution in [3.63, 3.8) is 0 Å². The number of aliphatic imine (C=N–C) groups is 1. The SMILES string of the molecule is C=C1C=N/C=C\C(C)/C=C\C([C@H]2CCC3[C@]2(C)CC=C2C=C4CC[C@@H](N5CCOC5)C[C@]45CC[C@@]23O5)=C1. The lowest BCUT2D eigenvalue weighted by Gasteiger charge is -2.55. The van der Waals surface area contributed by atoms with Gasteiger partial charge in [0.1, 0.15) is 0 Å². The predicted octanol–water partition coefficient (Wildman–Crippen LogP) is 6.69. The van der Waals surface area contributed by atoms with Crippen LogP contribution < -0.4 is 0 Å². The smallest absolute Gasteiger partial charge is 0.0994 e. The lowest BCUT2D eigenvalue weighted by Crippen LogP contribution is -2.55. The molecule has 0 aromatic rings. The van der Waals surface area contributed by atoms with Crippen LogP contribution in [0.25, 0.3) is 0 Å². The van der Waals surface area contributed by atoms with E-state index >= 15 is 0 Å². The van der Waals surface area contributed by atoms with Crippen LogP contribution in [-0.2, 0) is 9.47 Å². The maximum Gasteiger partial charge on any atom is 0.0994 e. The second-order valence-electron chi connectivity index (χ2n) is 13.0. The number of fused-ring (bicyclic) bond motifs is 1. The Labute approximate surface area is 222 Å². The molecule has 0 radical (unpaired) electrons. The van der Waals surface area contributed by atoms with Gasteiger partial charge in [-0.2, -0.15) is 0 Å². The molecule has 196 valence electrons. The summed E-state index contributed by atoms with van der Waals surface area (Å²) in [6, 6.07) is 0.591. The van der Waals surface area contributed by atoms with Crippen molar-refractivity contribution in [1.29, 1.82) is 0 Å². The van der Waals surface area contributed by atoms with Gasteiger partial charge in [0.2, 0.25) is 0 Å². The first-order valence-electron chi connectivity index (χ1n) is 14.6. The molecule has 2 saturated heterocycles. The molecule has 7 rings (SSSR count). The van der Waals surface area contributed by atoms with Gasteiger partial charge in [0.05, 0.1) is 24.5 Å². The normalized spacial score (nSPS) is 46.9. The van der Waals surface area contributed by atoms with Gasteiger partial charge in [-0.05, 0) is 96.8 Å². The molecule has 2 bridgehead atoms. The number of nitrogens with zero attached hydrogens (tertiary/aromatic N) is 2. The Hall–Kier alpha value is -2.01. The lowest BCUT2D eigenvalue weighted by molar-refractivity contribution is -0.142. The summed E-state index contributed by atoms with van der Waals surface area (Å²) in [7, 11) is 0. The van der Waals surface area contributed by atoms with Gasteiger partial charge in [-0.3, -0.25) is 9.89 Å². The third-order valence-electron chi connectivity index (χ3n) is 11.0. The summed E-state index contributed by atoms with van der Waals surface area (Å²) in [5, 5.41) is 0. The molecular weight excluding hydrogens is 456 g/mol. The van der Waals surface area contributed by atoms with Crippen molar-refractivity contribution >= 4 is 6.21 Å². The van der Waals surface area contributed by atoms with E-state index in [-0.39, 0.29) is 16.6 Å². The summed E-state index contributed by atoms with van der Waals surface area (Å²) in [6.07, 6.45) is 27.6. The van der Waals surface area contributed by atoms with Crippen LogP contribution in [0.5, 0.6) is 0 Å². The highest BCUT2D eigenvalue weighted by molar-refractivity contribution is 5.82. The van der Waals surface area contributed by atoms with Crippen molar-refractivity contribution in [3.8, 4) is 0 Å². The van der Waals surface area contributed by atoms with E-state index in [4.69, 9.17) is 9.47 Å². The molecule has 2 unspecified atom stereocenters. The second kappa shape index (κ2) is 8.76. The first-order valence-corrected chi connectivity index (χ1v) is 14.6. The topological polar surface area (TPSA) is 34.1 Å². The van der Waals surface area contributed by atoms with Crippen LogP contribution in [0.3, 0.4) is 0 Å². The maximum absolute atomic E-state index is 7.52. The van der Waals surface area contributed by atoms with Gasteiger partial charge < -0.3 is 9.47 Å². The average Bonchev–Trinajstić information content (AvgIpc) is 3.61. The third-order valence-corrected chi connectivity index (χ3v) is 11.0. The summed E-state index contributed by atoms with van der Waals surface area (Å²) in [6.45, 7) is 11.8. The first-order chi connectivity index (χ1) is 17.9. The van der Waals surface area contributed by atoms with E-state index in [1.54, 1.807) is 5.57 Å². The van der Waals surface area contributed by atoms with Crippen molar-refractivity contribution in [2.75, 3.05) is 19.9 Å². The largest absolute Gasteiger partial charge is 0.365 e. The summed E-state index contributed by atoms with van der Waals surface area (Å²) in [5.74, 6) is 1.43. The van der Waals surface area contributed by atoms with E-state index in [2.05, 4.69) is 66.8 Å². The number of hydrogen-bond acceptors (Lipinski definition) is 4. The molecule has 4 nitrogen and oxygen atoms in total. The van der Waals surface area contributed by atoms with E-state index in [0.717, 1.165) is 38.3 Å². The fourth-order valence-corrected chi connectivity index (χ4v) is 9.13. The molecule has 0 N–H and O–H groups in total. The van der Waals surface area contributed by atoms with Crippen LogP contribution in [0.1, 0.15) is 65.2 Å². The van der Waals surface area contributed by atoms with Gasteiger partial charge in [-0.25, -0.2) is 0 Å². The Morgan fingerprint density at radius 1 is 1.14 bits per heavy atom. The molecule has 7 aliphatic rings. The second-order valence-corrected chi connectivity index (χ2v) is 13.0. The minimum atomic E-state index is -0.108. The third kappa shape index (κ3) is 3.70. The summed E-state index contributed by atoms with van der Waals surface area (Å²) < 4.78 is 13.2. The number of ether oxygens (including phenoxy) is 2. The highest BCUT2D eigenvalue weighted by Crippen LogP contribution is 2.68. The van der Waals surface area contributed by atoms with Gasteiger partial charge >= 0.3 is 0 Å². The molecule has 4 fully saturated rings. The minimum Gasteiger partial charge on any atom is -0.365 e. The Morgan fingerprint density at radius 2 is 2.05 bits per heavy atom. The molecule has 0 amide bonds. The monoisotopic (exact) mass is 498 g/mol. The minimum absolute atomic E-state index is 0.0543. The summed E-state index contributed by atoms with van der Waals surface area (Å²) in [4.78, 5) is 7.01. The van der Waals surface area contributed by atoms with Crippen molar-refractivity contribution in [2.24, 2.45) is 28.2 Å². The van der Waals surface area contributed by atoms with Crippen molar-refractivity contribution in [3.05, 3.63) is 71.5 Å². The Kier molecular flexibility index (Phi) is 5.70. The highest BCUT2D eigenvalue weighted by atomic mass is 16.5. The van der Waals surface area contributed by atoms with Gasteiger partial charge in [0.15, 0.2) is 0 Å². The molecule has 2 spiro atoms. The average molecular weight is 499 g/mol. The first kappa shape index (κ1) is 24.1. The Bertz CT molecular complexity index is 1170. The number of allylic oxidation sites excluding steroid dienone is 7. The number of rotatable bonds is 2. The van der Waals surface area contributed by atoms with E-state index in [1.165, 1.54) is 49.7 Å². The number of hydrogen-bond donors (Lipinski definition) is 0. The highest BCUT2D eigenvalue weighted by Gasteiger charge is 2.66. The van der Waals surface area contributed by atoms with Crippen LogP contribution in [-0.4, -0.2) is 48.2 Å². The molecular formula is C33H42N2O2. The predicted molar refractivity (Wildman–Crippen MR) is 149 cm³/mol. The van der Waals surface area contributed by atoms with E-state index in [9.17, 15) is 0 Å². The van der Waals surface area contributed by atoms with Gasteiger partial charge in [0.25, 0.3) is 0 Å². The van der Waals surface area contributed by atoms with Crippen molar-refractivity contribution in [1.82, 2.24) is 4.90 Å². The molecule has 4 heterocycles. The van der Waals surface area contributed by atoms with Crippen LogP contribution in [0.2, 0.25) is 0 Å². The fourth-order valence-electron chi connectivity index (χ4n) is 9.13. The zero-order valence-corrected chi connectivity index (χ0v) is 22.6. The van der Waals surface area contributed by atoms with Gasteiger partial charge in [0, 0.05) is 25.0 Å². The summed E-state index contributed by atoms with van der Waals surface area (Å²) in [5.41, 5.74) is 5.52. The maximum atomic E-state index is 7.52. The lowest BCUT2D eigenvalue weighted by atomic mass is 9.57. The van der Waals surface area contributed by atoms with E-state index < -0.39 is 0 Å². The molecule has 4 aliphatic heterocycles. The van der Waals surface area contributed by atoms with Crippen LogP contribution in [0, 0.1) is 23.2 Å². The molecule has 3 aliphatic carbocycles. The summed E-state index contributed by atoms with van der Waals surface area (Å²) >= 11 is 0. The van der Waals surface area contributed by atoms with E-state index in [1.807, 2.05) is 12.4 Å². The van der Waals surface area contributed by atoms with Gasteiger partial charge in [-0.15, -0.1) is 0 Å². The quantitative estimate of drug-likeness (QED) is 0.425. The Morgan fingerprint density at radius 3 is 2.92 bits per heavy atom. The molecule has 2 saturated carbocycles. The molecule has 0 aromatic carbocycles. The van der Waals surface area contributed by atoms with Crippen LogP contribution in [0.4, 0.5) is 0 Å². The standard InChI is InChI=1S/C33H42N2O2/c1-23-4-5-25(18-24(2)21-34-15-11-23)29-8-9-30-31(29,3)12-10-27-19-26-6-7-28(35-16-17-36-22-35)20-32(26)13-14-33(27,30)37-32/h4-5,10-11,15,18-19,21,23,28-30H,2,6-9,12-14,16-17,20,22H2,1,3H3/b5-4-,15-11-,25-18?,34-21?/t23?,28-,29-,30?,31-,32-,33-/m1/s1. The molecule has 37 heavy (non-hydrogen) atoms. The zero-order valence-electron chi connectivity index (χ0n) is 22.6. The zero-order chi connectivity index (χ0) is 25.3. The Balaban J connectivity index is 1.22. The molecule has 7 atom stereocenters. The molecule has 4 heteroatoms. The van der Waals surface area contributed by atoms with Crippen LogP contribution in [0.15, 0.2) is 76.5 Å². The van der Waals surface area contributed by atoms with Gasteiger partial charge in [-0.1, -0.05) is 56.9 Å². The van der Waals surface area contributed by atoms with E-state index in [0.29, 0.717) is 23.8 Å². The fraction of sp³-hybridized carbons (Fsp3) is 0.606.